The number of carbonyl (C=O) groups excluding carboxylic acids is 1. The Hall–Kier alpha value is -1.72. The first kappa shape index (κ1) is 17.6. The van der Waals surface area contributed by atoms with Crippen LogP contribution >= 0.6 is 27.5 Å². The summed E-state index contributed by atoms with van der Waals surface area (Å²) in [5.74, 6) is 0.933. The number of anilines is 1. The van der Waals surface area contributed by atoms with Crippen LogP contribution in [-0.4, -0.2) is 19.6 Å². The highest BCUT2D eigenvalue weighted by Gasteiger charge is 2.10. The highest BCUT2D eigenvalue weighted by molar-refractivity contribution is 9.10. The average molecular weight is 399 g/mol. The second-order valence-corrected chi connectivity index (χ2v) is 6.34. The fourth-order valence-electron chi connectivity index (χ4n) is 2.02. The van der Waals surface area contributed by atoms with Crippen molar-refractivity contribution in [2.24, 2.45) is 0 Å². The molecule has 6 heteroatoms. The number of benzene rings is 2. The van der Waals surface area contributed by atoms with Gasteiger partial charge in [-0.2, -0.15) is 0 Å². The quantitative estimate of drug-likeness (QED) is 0.791. The zero-order valence-electron chi connectivity index (χ0n) is 13.1. The van der Waals surface area contributed by atoms with Crippen LogP contribution in [0.1, 0.15) is 11.1 Å². The number of ether oxygens (including phenoxy) is 2. The van der Waals surface area contributed by atoms with Gasteiger partial charge in [-0.25, -0.2) is 0 Å². The Morgan fingerprint density at radius 3 is 2.61 bits per heavy atom. The molecular weight excluding hydrogens is 382 g/mol. The molecule has 2 aromatic carbocycles. The largest absolute Gasteiger partial charge is 0.495 e. The molecule has 0 heterocycles. The molecule has 0 radical (unpaired) electrons. The van der Waals surface area contributed by atoms with Crippen molar-refractivity contribution >= 4 is 39.1 Å². The monoisotopic (exact) mass is 397 g/mol. The van der Waals surface area contributed by atoms with E-state index in [0.717, 1.165) is 15.6 Å². The van der Waals surface area contributed by atoms with Crippen molar-refractivity contribution in [1.29, 1.82) is 0 Å². The molecule has 0 spiro atoms. The first-order chi connectivity index (χ1) is 10.9. The Kier molecular flexibility index (Phi) is 5.91. The lowest BCUT2D eigenvalue weighted by Gasteiger charge is -2.13. The van der Waals surface area contributed by atoms with Crippen molar-refractivity contribution in [1.82, 2.24) is 0 Å². The Balaban J connectivity index is 2.04. The molecule has 0 saturated carbocycles. The predicted molar refractivity (Wildman–Crippen MR) is 95.7 cm³/mol. The third-order valence-electron chi connectivity index (χ3n) is 3.25. The van der Waals surface area contributed by atoms with Crippen molar-refractivity contribution in [3.05, 3.63) is 51.0 Å². The molecule has 0 aromatic heterocycles. The second-order valence-electron chi connectivity index (χ2n) is 5.05. The zero-order chi connectivity index (χ0) is 17.0. The topological polar surface area (TPSA) is 47.6 Å². The molecule has 0 atom stereocenters. The normalized spacial score (nSPS) is 10.3. The number of nitrogens with one attached hydrogen (secondary N) is 1. The summed E-state index contributed by atoms with van der Waals surface area (Å²) in [5.41, 5.74) is 2.51. The van der Waals surface area contributed by atoms with Crippen LogP contribution in [0.5, 0.6) is 11.5 Å². The van der Waals surface area contributed by atoms with Gasteiger partial charge in [0.15, 0.2) is 6.61 Å². The van der Waals surface area contributed by atoms with Crippen LogP contribution in [0.25, 0.3) is 0 Å². The summed E-state index contributed by atoms with van der Waals surface area (Å²) in [6.45, 7) is 3.79. The number of carbonyl (C=O) groups is 1. The smallest absolute Gasteiger partial charge is 0.262 e. The first-order valence-electron chi connectivity index (χ1n) is 6.93. The van der Waals surface area contributed by atoms with Crippen LogP contribution in [0.2, 0.25) is 5.02 Å². The van der Waals surface area contributed by atoms with Gasteiger partial charge in [-0.3, -0.25) is 4.79 Å². The lowest BCUT2D eigenvalue weighted by molar-refractivity contribution is -0.118. The summed E-state index contributed by atoms with van der Waals surface area (Å²) in [7, 11) is 1.53. The summed E-state index contributed by atoms with van der Waals surface area (Å²) >= 11 is 9.41. The van der Waals surface area contributed by atoms with E-state index in [2.05, 4.69) is 21.2 Å². The number of hydrogen-bond donors (Lipinski definition) is 1. The molecule has 1 N–H and O–H groups in total. The van der Waals surface area contributed by atoms with Crippen molar-refractivity contribution in [3.8, 4) is 11.5 Å². The first-order valence-corrected chi connectivity index (χ1v) is 8.10. The highest BCUT2D eigenvalue weighted by Crippen LogP contribution is 2.28. The number of aryl methyl sites for hydroxylation is 2. The number of amides is 1. The standard InChI is InChI=1S/C17H17BrClNO3/c1-10-7-16(11(2)6-13(10)18)23-9-17(21)20-14-8-12(19)4-5-15(14)22-3/h4-8H,9H2,1-3H3,(H,20,21). The van der Waals surface area contributed by atoms with Crippen molar-refractivity contribution in [3.63, 3.8) is 0 Å². The van der Waals surface area contributed by atoms with Crippen LogP contribution in [0.3, 0.4) is 0 Å². The number of methoxy groups -OCH3 is 1. The van der Waals surface area contributed by atoms with Gasteiger partial charge in [0.25, 0.3) is 5.91 Å². The Morgan fingerprint density at radius 2 is 1.91 bits per heavy atom. The molecule has 0 saturated heterocycles. The maximum Gasteiger partial charge on any atom is 0.262 e. The van der Waals surface area contributed by atoms with Crippen LogP contribution in [-0.2, 0) is 4.79 Å². The average Bonchev–Trinajstić information content (AvgIpc) is 2.50. The van der Waals surface area contributed by atoms with Crippen LogP contribution in [0.15, 0.2) is 34.8 Å². The van der Waals surface area contributed by atoms with E-state index in [0.29, 0.717) is 22.2 Å². The molecule has 2 rings (SSSR count). The summed E-state index contributed by atoms with van der Waals surface area (Å²) < 4.78 is 11.8. The van der Waals surface area contributed by atoms with E-state index in [-0.39, 0.29) is 12.5 Å². The lowest BCUT2D eigenvalue weighted by Crippen LogP contribution is -2.20. The Bertz CT molecular complexity index is 734. The summed E-state index contributed by atoms with van der Waals surface area (Å²) in [5, 5.41) is 3.25. The number of rotatable bonds is 5. The van der Waals surface area contributed by atoms with Gasteiger partial charge in [0.2, 0.25) is 0 Å². The molecular formula is C17H17BrClNO3. The van der Waals surface area contributed by atoms with Gasteiger partial charge in [-0.15, -0.1) is 0 Å². The van der Waals surface area contributed by atoms with E-state index in [1.165, 1.54) is 7.11 Å². The van der Waals surface area contributed by atoms with Gasteiger partial charge in [0, 0.05) is 9.50 Å². The Labute approximate surface area is 148 Å². The molecule has 0 fully saturated rings. The fourth-order valence-corrected chi connectivity index (χ4v) is 2.65. The van der Waals surface area contributed by atoms with Gasteiger partial charge in [-0.1, -0.05) is 27.5 Å². The number of halogens is 2. The Morgan fingerprint density at radius 1 is 1.17 bits per heavy atom. The van der Waals surface area contributed by atoms with Gasteiger partial charge in [0.1, 0.15) is 11.5 Å². The third-order valence-corrected chi connectivity index (χ3v) is 4.34. The molecule has 122 valence electrons. The minimum atomic E-state index is -0.287. The van der Waals surface area contributed by atoms with Gasteiger partial charge < -0.3 is 14.8 Å². The summed E-state index contributed by atoms with van der Waals surface area (Å²) in [6, 6.07) is 8.88. The molecule has 0 bridgehead atoms. The highest BCUT2D eigenvalue weighted by atomic mass is 79.9. The summed E-state index contributed by atoms with van der Waals surface area (Å²) in [6.07, 6.45) is 0. The van der Waals surface area contributed by atoms with E-state index in [9.17, 15) is 4.79 Å². The second kappa shape index (κ2) is 7.70. The van der Waals surface area contributed by atoms with E-state index in [4.69, 9.17) is 21.1 Å². The molecule has 23 heavy (non-hydrogen) atoms. The predicted octanol–water partition coefficient (Wildman–Crippen LogP) is 4.75. The molecule has 0 unspecified atom stereocenters. The minimum Gasteiger partial charge on any atom is -0.495 e. The van der Waals surface area contributed by atoms with Crippen LogP contribution in [0.4, 0.5) is 5.69 Å². The van der Waals surface area contributed by atoms with Crippen LogP contribution in [0, 0.1) is 13.8 Å². The van der Waals surface area contributed by atoms with Crippen molar-refractivity contribution in [2.75, 3.05) is 19.0 Å². The van der Waals surface area contributed by atoms with E-state index in [1.807, 2.05) is 26.0 Å². The summed E-state index contributed by atoms with van der Waals surface area (Å²) in [4.78, 5) is 12.1. The molecule has 2 aromatic rings. The molecule has 0 aliphatic carbocycles. The maximum atomic E-state index is 12.1. The SMILES string of the molecule is COc1ccc(Cl)cc1NC(=O)COc1cc(C)c(Br)cc1C. The maximum absolute atomic E-state index is 12.1. The molecule has 0 aliphatic rings. The van der Waals surface area contributed by atoms with Crippen molar-refractivity contribution < 1.29 is 14.3 Å². The van der Waals surface area contributed by atoms with Crippen LogP contribution < -0.4 is 14.8 Å². The number of hydrogen-bond acceptors (Lipinski definition) is 3. The van der Waals surface area contributed by atoms with E-state index in [1.54, 1.807) is 18.2 Å². The molecule has 1 amide bonds. The van der Waals surface area contributed by atoms with Gasteiger partial charge >= 0.3 is 0 Å². The van der Waals surface area contributed by atoms with E-state index < -0.39 is 0 Å². The fraction of sp³-hybridized carbons (Fsp3) is 0.235. The molecule has 4 nitrogen and oxygen atoms in total. The lowest BCUT2D eigenvalue weighted by atomic mass is 10.1. The van der Waals surface area contributed by atoms with E-state index >= 15 is 0 Å². The van der Waals surface area contributed by atoms with Gasteiger partial charge in [-0.05, 0) is 55.3 Å². The van der Waals surface area contributed by atoms with Gasteiger partial charge in [0.05, 0.1) is 12.8 Å². The van der Waals surface area contributed by atoms with Crippen molar-refractivity contribution in [2.45, 2.75) is 13.8 Å². The third kappa shape index (κ3) is 4.62. The zero-order valence-corrected chi connectivity index (χ0v) is 15.4. The molecule has 0 aliphatic heterocycles. The minimum absolute atomic E-state index is 0.0996.